The van der Waals surface area contributed by atoms with E-state index in [-0.39, 0.29) is 24.7 Å². The van der Waals surface area contributed by atoms with Crippen LogP contribution in [0.3, 0.4) is 0 Å². The first-order valence-electron chi connectivity index (χ1n) is 8.30. The average Bonchev–Trinajstić information content (AvgIpc) is 2.65. The van der Waals surface area contributed by atoms with Crippen molar-refractivity contribution in [1.29, 1.82) is 0 Å². The molecular weight excluding hydrogens is 359 g/mol. The van der Waals surface area contributed by atoms with Gasteiger partial charge >= 0.3 is 6.18 Å². The second-order valence-corrected chi connectivity index (χ2v) is 5.81. The molecule has 144 valence electrons. The second kappa shape index (κ2) is 8.68. The van der Waals surface area contributed by atoms with Crippen LogP contribution in [0, 0.1) is 0 Å². The molecule has 0 radical (unpaired) electrons. The molecule has 0 fully saturated rings. The first-order chi connectivity index (χ1) is 12.8. The van der Waals surface area contributed by atoms with Crippen molar-refractivity contribution in [3.8, 4) is 0 Å². The van der Waals surface area contributed by atoms with E-state index in [9.17, 15) is 22.8 Å². The van der Waals surface area contributed by atoms with Crippen molar-refractivity contribution in [2.45, 2.75) is 19.6 Å². The minimum absolute atomic E-state index is 0.228. The Morgan fingerprint density at radius 2 is 1.70 bits per heavy atom. The van der Waals surface area contributed by atoms with Gasteiger partial charge in [-0.05, 0) is 36.8 Å². The van der Waals surface area contributed by atoms with E-state index in [1.165, 1.54) is 23.1 Å². The summed E-state index contributed by atoms with van der Waals surface area (Å²) in [4.78, 5) is 26.0. The first-order valence-corrected chi connectivity index (χ1v) is 8.30. The van der Waals surface area contributed by atoms with Crippen LogP contribution in [0.1, 0.15) is 28.4 Å². The highest BCUT2D eigenvalue weighted by atomic mass is 19.4. The van der Waals surface area contributed by atoms with Crippen LogP contribution in [0.5, 0.6) is 0 Å². The molecule has 0 aliphatic carbocycles. The molecule has 8 heteroatoms. The van der Waals surface area contributed by atoms with Gasteiger partial charge in [0.15, 0.2) is 0 Å². The summed E-state index contributed by atoms with van der Waals surface area (Å²) in [6.07, 6.45) is -4.59. The predicted octanol–water partition coefficient (Wildman–Crippen LogP) is 3.26. The van der Waals surface area contributed by atoms with Gasteiger partial charge in [0.1, 0.15) is 6.54 Å². The molecular formula is C19H20F3N3O2. The van der Waals surface area contributed by atoms with Crippen LogP contribution in [-0.4, -0.2) is 29.8 Å². The highest BCUT2D eigenvalue weighted by molar-refractivity contribution is 5.99. The number of carbonyl (C=O) groups excluding carboxylic acids is 2. The molecule has 2 aromatic carbocycles. The lowest BCUT2D eigenvalue weighted by Crippen LogP contribution is -2.38. The molecule has 2 amide bonds. The van der Waals surface area contributed by atoms with Gasteiger partial charge in [-0.15, -0.1) is 0 Å². The lowest BCUT2D eigenvalue weighted by molar-refractivity contribution is -0.137. The zero-order valence-corrected chi connectivity index (χ0v) is 14.7. The number of hydrogen-bond donors (Lipinski definition) is 2. The van der Waals surface area contributed by atoms with Crippen molar-refractivity contribution in [2.24, 2.45) is 5.73 Å². The Labute approximate surface area is 155 Å². The molecule has 0 atom stereocenters. The van der Waals surface area contributed by atoms with E-state index in [1.807, 2.05) is 0 Å². The highest BCUT2D eigenvalue weighted by Gasteiger charge is 2.33. The zero-order valence-electron chi connectivity index (χ0n) is 14.7. The van der Waals surface area contributed by atoms with Crippen molar-refractivity contribution in [2.75, 3.05) is 18.4 Å². The Morgan fingerprint density at radius 1 is 1.07 bits per heavy atom. The monoisotopic (exact) mass is 379 g/mol. The van der Waals surface area contributed by atoms with Crippen molar-refractivity contribution < 1.29 is 22.8 Å². The maximum Gasteiger partial charge on any atom is 0.418 e. The van der Waals surface area contributed by atoms with Gasteiger partial charge in [-0.3, -0.25) is 9.59 Å². The molecule has 27 heavy (non-hydrogen) atoms. The van der Waals surface area contributed by atoms with Gasteiger partial charge in [0.2, 0.25) is 5.91 Å². The number of amides is 2. The third-order valence-electron chi connectivity index (χ3n) is 3.95. The molecule has 0 saturated heterocycles. The number of alkyl halides is 3. The van der Waals surface area contributed by atoms with Gasteiger partial charge in [0, 0.05) is 18.7 Å². The molecule has 0 aromatic heterocycles. The SMILES string of the molecule is CCN(CC(=O)Nc1ccccc1C(F)(F)F)C(=O)c1ccc(CN)cc1. The molecule has 0 aliphatic rings. The van der Waals surface area contributed by atoms with Crippen LogP contribution in [0.15, 0.2) is 48.5 Å². The lowest BCUT2D eigenvalue weighted by Gasteiger charge is -2.21. The number of likely N-dealkylation sites (N-methyl/N-ethyl adjacent to an activating group) is 1. The molecule has 0 unspecified atom stereocenters. The largest absolute Gasteiger partial charge is 0.418 e. The van der Waals surface area contributed by atoms with E-state index in [4.69, 9.17) is 5.73 Å². The zero-order chi connectivity index (χ0) is 20.0. The molecule has 0 bridgehead atoms. The minimum Gasteiger partial charge on any atom is -0.330 e. The van der Waals surface area contributed by atoms with Crippen LogP contribution in [0.25, 0.3) is 0 Å². The normalized spacial score (nSPS) is 11.1. The topological polar surface area (TPSA) is 75.4 Å². The van der Waals surface area contributed by atoms with E-state index in [0.717, 1.165) is 11.6 Å². The number of anilines is 1. The fraction of sp³-hybridized carbons (Fsp3) is 0.263. The number of halogens is 3. The molecule has 2 rings (SSSR count). The van der Waals surface area contributed by atoms with Gasteiger partial charge in [-0.25, -0.2) is 0 Å². The quantitative estimate of drug-likeness (QED) is 0.809. The Bertz CT molecular complexity index is 805. The Hall–Kier alpha value is -2.87. The summed E-state index contributed by atoms with van der Waals surface area (Å²) >= 11 is 0. The second-order valence-electron chi connectivity index (χ2n) is 5.81. The van der Waals surface area contributed by atoms with Gasteiger partial charge in [-0.1, -0.05) is 24.3 Å². The number of nitrogens with one attached hydrogen (secondary N) is 1. The number of rotatable bonds is 6. The van der Waals surface area contributed by atoms with Crippen LogP contribution in [0.2, 0.25) is 0 Å². The van der Waals surface area contributed by atoms with Gasteiger partial charge in [0.05, 0.1) is 11.3 Å². The fourth-order valence-electron chi connectivity index (χ4n) is 2.50. The third kappa shape index (κ3) is 5.30. The third-order valence-corrected chi connectivity index (χ3v) is 3.95. The maximum absolute atomic E-state index is 13.0. The van der Waals surface area contributed by atoms with E-state index >= 15 is 0 Å². The van der Waals surface area contributed by atoms with Crippen molar-refractivity contribution in [3.05, 3.63) is 65.2 Å². The number of nitrogens with zero attached hydrogens (tertiary/aromatic N) is 1. The molecule has 0 saturated carbocycles. The molecule has 0 heterocycles. The summed E-state index contributed by atoms with van der Waals surface area (Å²) in [6, 6.07) is 11.3. The lowest BCUT2D eigenvalue weighted by atomic mass is 10.1. The maximum atomic E-state index is 13.0. The number of hydrogen-bond acceptors (Lipinski definition) is 3. The standard InChI is InChI=1S/C19H20F3N3O2/c1-2-25(18(27)14-9-7-13(11-23)8-10-14)12-17(26)24-16-6-4-3-5-15(16)19(20,21)22/h3-10H,2,11-12,23H2,1H3,(H,24,26). The number of benzene rings is 2. The van der Waals surface area contributed by atoms with E-state index in [0.29, 0.717) is 12.1 Å². The molecule has 3 N–H and O–H groups in total. The van der Waals surface area contributed by atoms with E-state index < -0.39 is 17.6 Å². The van der Waals surface area contributed by atoms with Crippen LogP contribution < -0.4 is 11.1 Å². The summed E-state index contributed by atoms with van der Waals surface area (Å²) in [6.45, 7) is 1.89. The summed E-state index contributed by atoms with van der Waals surface area (Å²) in [5, 5.41) is 2.24. The molecule has 5 nitrogen and oxygen atoms in total. The average molecular weight is 379 g/mol. The van der Waals surface area contributed by atoms with Crippen LogP contribution >= 0.6 is 0 Å². The van der Waals surface area contributed by atoms with Gasteiger partial charge in [-0.2, -0.15) is 13.2 Å². The summed E-state index contributed by atoms with van der Waals surface area (Å²) < 4.78 is 39.0. The molecule has 0 spiro atoms. The van der Waals surface area contributed by atoms with Crippen molar-refractivity contribution in [3.63, 3.8) is 0 Å². The first kappa shape index (κ1) is 20.4. The number of carbonyl (C=O) groups is 2. The van der Waals surface area contributed by atoms with Gasteiger partial charge in [0.25, 0.3) is 5.91 Å². The van der Waals surface area contributed by atoms with E-state index in [2.05, 4.69) is 5.32 Å². The fourth-order valence-corrected chi connectivity index (χ4v) is 2.50. The minimum atomic E-state index is -4.59. The summed E-state index contributed by atoms with van der Waals surface area (Å²) in [5.41, 5.74) is 5.46. The Balaban J connectivity index is 2.10. The Morgan fingerprint density at radius 3 is 2.26 bits per heavy atom. The Kier molecular flexibility index (Phi) is 6.57. The summed E-state index contributed by atoms with van der Waals surface area (Å²) in [7, 11) is 0. The van der Waals surface area contributed by atoms with E-state index in [1.54, 1.807) is 31.2 Å². The van der Waals surface area contributed by atoms with Crippen molar-refractivity contribution in [1.82, 2.24) is 4.90 Å². The van der Waals surface area contributed by atoms with Crippen LogP contribution in [0.4, 0.5) is 18.9 Å². The molecule has 0 aliphatic heterocycles. The van der Waals surface area contributed by atoms with Gasteiger partial charge < -0.3 is 16.0 Å². The highest BCUT2D eigenvalue weighted by Crippen LogP contribution is 2.34. The molecule has 2 aromatic rings. The summed E-state index contributed by atoms with van der Waals surface area (Å²) in [5.74, 6) is -1.10. The number of nitrogens with two attached hydrogens (primary N) is 1. The van der Waals surface area contributed by atoms with Crippen LogP contribution in [-0.2, 0) is 17.5 Å². The smallest absolute Gasteiger partial charge is 0.330 e. The van der Waals surface area contributed by atoms with Crippen molar-refractivity contribution >= 4 is 17.5 Å². The number of para-hydroxylation sites is 1. The predicted molar refractivity (Wildman–Crippen MR) is 96.0 cm³/mol.